The standard InChI is InChI=1S/C21H25FN4O4S/c1-15(20(27)24-14-16-6-10-23-11-7-16)25-21(28)17-8-12-26(13-9-17)31(29,30)19-4-2-18(22)3-5-19/h2-7,10-11,15,17H,8-9,12-14H2,1H3,(H,24,27)(H,25,28)/t15-/m1/s1. The van der Waals surface area contributed by atoms with Crippen LogP contribution >= 0.6 is 0 Å². The predicted molar refractivity (Wildman–Crippen MR) is 112 cm³/mol. The number of amides is 2. The number of sulfonamides is 1. The minimum atomic E-state index is -3.73. The Hall–Kier alpha value is -2.85. The van der Waals surface area contributed by atoms with Crippen molar-refractivity contribution in [3.63, 3.8) is 0 Å². The first-order valence-electron chi connectivity index (χ1n) is 10.00. The van der Waals surface area contributed by atoms with Crippen molar-refractivity contribution in [3.05, 3.63) is 60.2 Å². The van der Waals surface area contributed by atoms with E-state index in [9.17, 15) is 22.4 Å². The Labute approximate surface area is 180 Å². The number of carbonyl (C=O) groups is 2. The molecule has 2 heterocycles. The van der Waals surface area contributed by atoms with Crippen LogP contribution in [0.1, 0.15) is 25.3 Å². The molecule has 0 bridgehead atoms. The van der Waals surface area contributed by atoms with E-state index in [2.05, 4.69) is 15.6 Å². The van der Waals surface area contributed by atoms with Gasteiger partial charge in [-0.25, -0.2) is 12.8 Å². The van der Waals surface area contributed by atoms with Gasteiger partial charge in [-0.3, -0.25) is 14.6 Å². The quantitative estimate of drug-likeness (QED) is 0.666. The summed E-state index contributed by atoms with van der Waals surface area (Å²) in [4.78, 5) is 28.7. The number of aromatic nitrogens is 1. The molecule has 0 aliphatic carbocycles. The summed E-state index contributed by atoms with van der Waals surface area (Å²) in [5, 5.41) is 5.46. The number of nitrogens with zero attached hydrogens (tertiary/aromatic N) is 2. The van der Waals surface area contributed by atoms with E-state index in [0.717, 1.165) is 17.7 Å². The fraction of sp³-hybridized carbons (Fsp3) is 0.381. The highest BCUT2D eigenvalue weighted by Crippen LogP contribution is 2.24. The number of hydrogen-bond donors (Lipinski definition) is 2. The van der Waals surface area contributed by atoms with Crippen molar-refractivity contribution in [1.29, 1.82) is 0 Å². The van der Waals surface area contributed by atoms with E-state index < -0.39 is 21.9 Å². The van der Waals surface area contributed by atoms with E-state index in [-0.39, 0.29) is 35.7 Å². The third-order valence-electron chi connectivity index (χ3n) is 5.24. The molecule has 1 fully saturated rings. The Morgan fingerprint density at radius 3 is 2.35 bits per heavy atom. The third-order valence-corrected chi connectivity index (χ3v) is 7.16. The van der Waals surface area contributed by atoms with Gasteiger partial charge in [-0.05, 0) is 61.7 Å². The zero-order valence-electron chi connectivity index (χ0n) is 17.1. The van der Waals surface area contributed by atoms with E-state index in [0.29, 0.717) is 19.4 Å². The maximum absolute atomic E-state index is 13.1. The topological polar surface area (TPSA) is 108 Å². The van der Waals surface area contributed by atoms with Gasteiger partial charge in [-0.15, -0.1) is 0 Å². The van der Waals surface area contributed by atoms with Crippen molar-refractivity contribution in [2.75, 3.05) is 13.1 Å². The molecule has 2 amide bonds. The van der Waals surface area contributed by atoms with Gasteiger partial charge in [-0.1, -0.05) is 0 Å². The molecule has 1 aliphatic rings. The van der Waals surface area contributed by atoms with Crippen molar-refractivity contribution in [2.45, 2.75) is 37.2 Å². The third kappa shape index (κ3) is 5.86. The largest absolute Gasteiger partial charge is 0.350 e. The van der Waals surface area contributed by atoms with Gasteiger partial charge in [0.1, 0.15) is 11.9 Å². The van der Waals surface area contributed by atoms with Crippen LogP contribution in [0.15, 0.2) is 53.7 Å². The Balaban J connectivity index is 1.48. The lowest BCUT2D eigenvalue weighted by molar-refractivity contribution is -0.131. The van der Waals surface area contributed by atoms with E-state index in [4.69, 9.17) is 0 Å². The Bertz CT molecular complexity index is 1010. The zero-order valence-corrected chi connectivity index (χ0v) is 17.9. The smallest absolute Gasteiger partial charge is 0.243 e. The average Bonchev–Trinajstić information content (AvgIpc) is 2.78. The second-order valence-electron chi connectivity index (χ2n) is 7.44. The molecule has 2 N–H and O–H groups in total. The van der Waals surface area contributed by atoms with E-state index in [1.165, 1.54) is 16.4 Å². The molecule has 1 aromatic carbocycles. The summed E-state index contributed by atoms with van der Waals surface area (Å²) in [5.74, 6) is -1.46. The van der Waals surface area contributed by atoms with Crippen LogP contribution in [0.2, 0.25) is 0 Å². The monoisotopic (exact) mass is 448 g/mol. The van der Waals surface area contributed by atoms with Crippen LogP contribution in [0, 0.1) is 11.7 Å². The molecule has 1 aliphatic heterocycles. The predicted octanol–water partition coefficient (Wildman–Crippen LogP) is 1.44. The summed E-state index contributed by atoms with van der Waals surface area (Å²) >= 11 is 0. The van der Waals surface area contributed by atoms with Crippen LogP contribution in [-0.2, 0) is 26.2 Å². The van der Waals surface area contributed by atoms with Crippen molar-refractivity contribution in [3.8, 4) is 0 Å². The molecule has 8 nitrogen and oxygen atoms in total. The number of halogens is 1. The minimum absolute atomic E-state index is 0.0243. The van der Waals surface area contributed by atoms with Gasteiger partial charge in [0.05, 0.1) is 4.90 Å². The van der Waals surface area contributed by atoms with Crippen LogP contribution in [0.4, 0.5) is 4.39 Å². The number of carbonyl (C=O) groups excluding carboxylic acids is 2. The second-order valence-corrected chi connectivity index (χ2v) is 9.37. The summed E-state index contributed by atoms with van der Waals surface area (Å²) < 4.78 is 39.7. The van der Waals surface area contributed by atoms with Gasteiger partial charge >= 0.3 is 0 Å². The van der Waals surface area contributed by atoms with Gasteiger partial charge in [0.15, 0.2) is 0 Å². The van der Waals surface area contributed by atoms with Gasteiger partial charge in [0.2, 0.25) is 21.8 Å². The molecule has 1 saturated heterocycles. The molecule has 0 radical (unpaired) electrons. The summed E-state index contributed by atoms with van der Waals surface area (Å²) in [6, 6.07) is 7.54. The lowest BCUT2D eigenvalue weighted by Crippen LogP contribution is -2.49. The highest BCUT2D eigenvalue weighted by molar-refractivity contribution is 7.89. The second kappa shape index (κ2) is 9.97. The van der Waals surface area contributed by atoms with Crippen LogP contribution in [0.25, 0.3) is 0 Å². The number of benzene rings is 1. The van der Waals surface area contributed by atoms with Crippen LogP contribution < -0.4 is 10.6 Å². The molecule has 31 heavy (non-hydrogen) atoms. The van der Waals surface area contributed by atoms with E-state index >= 15 is 0 Å². The molecular formula is C21H25FN4O4S. The first kappa shape index (κ1) is 22.8. The first-order valence-corrected chi connectivity index (χ1v) is 11.4. The molecule has 1 aromatic heterocycles. The van der Waals surface area contributed by atoms with Gasteiger partial charge in [0, 0.05) is 37.9 Å². The highest BCUT2D eigenvalue weighted by atomic mass is 32.2. The van der Waals surface area contributed by atoms with Crippen molar-refractivity contribution in [2.24, 2.45) is 5.92 Å². The number of pyridine rings is 1. The SMILES string of the molecule is C[C@@H](NC(=O)C1CCN(S(=O)(=O)c2ccc(F)cc2)CC1)C(=O)NCc1ccncc1. The summed E-state index contributed by atoms with van der Waals surface area (Å²) in [7, 11) is -3.73. The van der Waals surface area contributed by atoms with Crippen LogP contribution in [-0.4, -0.2) is 48.7 Å². The fourth-order valence-electron chi connectivity index (χ4n) is 3.35. The number of piperidine rings is 1. The lowest BCUT2D eigenvalue weighted by atomic mass is 9.97. The minimum Gasteiger partial charge on any atom is -0.350 e. The van der Waals surface area contributed by atoms with Gasteiger partial charge < -0.3 is 10.6 Å². The summed E-state index contributed by atoms with van der Waals surface area (Å²) in [6.07, 6.45) is 3.96. The Morgan fingerprint density at radius 2 is 1.74 bits per heavy atom. The van der Waals surface area contributed by atoms with Crippen molar-refractivity contribution in [1.82, 2.24) is 19.9 Å². The maximum Gasteiger partial charge on any atom is 0.243 e. The van der Waals surface area contributed by atoms with Crippen molar-refractivity contribution < 1.29 is 22.4 Å². The van der Waals surface area contributed by atoms with E-state index in [1.54, 1.807) is 31.5 Å². The molecule has 0 saturated carbocycles. The summed E-state index contributed by atoms with van der Waals surface area (Å²) in [5.41, 5.74) is 0.900. The van der Waals surface area contributed by atoms with Crippen molar-refractivity contribution >= 4 is 21.8 Å². The highest BCUT2D eigenvalue weighted by Gasteiger charge is 2.32. The Kier molecular flexibility index (Phi) is 7.34. The van der Waals surface area contributed by atoms with Crippen LogP contribution in [0.3, 0.4) is 0 Å². The van der Waals surface area contributed by atoms with E-state index in [1.807, 2.05) is 0 Å². The maximum atomic E-state index is 13.1. The van der Waals surface area contributed by atoms with Gasteiger partial charge in [0.25, 0.3) is 0 Å². The van der Waals surface area contributed by atoms with Crippen LogP contribution in [0.5, 0.6) is 0 Å². The number of nitrogens with one attached hydrogen (secondary N) is 2. The molecule has 0 unspecified atom stereocenters. The van der Waals surface area contributed by atoms with Gasteiger partial charge in [-0.2, -0.15) is 4.31 Å². The molecule has 3 rings (SSSR count). The molecule has 10 heteroatoms. The molecule has 2 aromatic rings. The average molecular weight is 449 g/mol. The Morgan fingerprint density at radius 1 is 1.13 bits per heavy atom. The number of rotatable bonds is 7. The lowest BCUT2D eigenvalue weighted by Gasteiger charge is -2.31. The summed E-state index contributed by atoms with van der Waals surface area (Å²) in [6.45, 7) is 2.30. The normalized spacial score (nSPS) is 16.5. The first-order chi connectivity index (χ1) is 14.8. The molecule has 0 spiro atoms. The molecule has 166 valence electrons. The molecule has 1 atom stereocenters. The molecular weight excluding hydrogens is 423 g/mol. The number of hydrogen-bond acceptors (Lipinski definition) is 5. The fourth-order valence-corrected chi connectivity index (χ4v) is 4.82. The zero-order chi connectivity index (χ0) is 22.4.